The Kier molecular flexibility index (Phi) is 2.75. The molecule has 1 aromatic rings. The maximum atomic E-state index is 6.18. The fourth-order valence-electron chi connectivity index (χ4n) is 1.53. The number of alkyl halides is 2. The summed E-state index contributed by atoms with van der Waals surface area (Å²) >= 11 is 12.4. The van der Waals surface area contributed by atoms with Crippen LogP contribution in [0.15, 0.2) is 29.5 Å². The first-order valence-corrected chi connectivity index (χ1v) is 5.29. The average molecular weight is 229 g/mol. The van der Waals surface area contributed by atoms with E-state index in [0.717, 1.165) is 30.7 Å². The van der Waals surface area contributed by atoms with Gasteiger partial charge in [0, 0.05) is 24.5 Å². The highest BCUT2D eigenvalue weighted by Gasteiger charge is 2.33. The zero-order chi connectivity index (χ0) is 10.0. The standard InChI is InChI=1S/C10H10Cl2N2/c11-10(12)4-2-6-14-9(10)8-3-1-5-13-7-8/h1,3,5,7H,2,4,6H2. The Morgan fingerprint density at radius 3 is 2.86 bits per heavy atom. The Balaban J connectivity index is 2.38. The van der Waals surface area contributed by atoms with E-state index in [9.17, 15) is 0 Å². The maximum absolute atomic E-state index is 6.18. The molecule has 1 aliphatic rings. The van der Waals surface area contributed by atoms with Crippen molar-refractivity contribution in [2.75, 3.05) is 6.54 Å². The quantitative estimate of drug-likeness (QED) is 0.679. The van der Waals surface area contributed by atoms with Crippen molar-refractivity contribution >= 4 is 28.9 Å². The Bertz CT molecular complexity index is 346. The van der Waals surface area contributed by atoms with Gasteiger partial charge in [0.2, 0.25) is 0 Å². The van der Waals surface area contributed by atoms with Gasteiger partial charge in [-0.25, -0.2) is 0 Å². The molecule has 0 N–H and O–H groups in total. The average Bonchev–Trinajstić information content (AvgIpc) is 2.18. The first kappa shape index (κ1) is 9.94. The molecular weight excluding hydrogens is 219 g/mol. The van der Waals surface area contributed by atoms with E-state index in [0.29, 0.717) is 0 Å². The number of aromatic nitrogens is 1. The highest BCUT2D eigenvalue weighted by atomic mass is 35.5. The third-order valence-corrected chi connectivity index (χ3v) is 2.94. The van der Waals surface area contributed by atoms with Crippen molar-refractivity contribution in [2.24, 2.45) is 4.99 Å². The largest absolute Gasteiger partial charge is 0.286 e. The van der Waals surface area contributed by atoms with E-state index in [1.165, 1.54) is 0 Å². The predicted octanol–water partition coefficient (Wildman–Crippen LogP) is 2.84. The predicted molar refractivity (Wildman–Crippen MR) is 59.3 cm³/mol. The molecule has 1 aliphatic heterocycles. The molecule has 2 rings (SSSR count). The summed E-state index contributed by atoms with van der Waals surface area (Å²) in [4.78, 5) is 8.39. The number of hydrogen-bond donors (Lipinski definition) is 0. The van der Waals surface area contributed by atoms with Crippen molar-refractivity contribution in [3.8, 4) is 0 Å². The maximum Gasteiger partial charge on any atom is 0.160 e. The second kappa shape index (κ2) is 3.87. The van der Waals surface area contributed by atoms with Gasteiger partial charge < -0.3 is 0 Å². The van der Waals surface area contributed by atoms with Crippen LogP contribution >= 0.6 is 23.2 Å². The Morgan fingerprint density at radius 2 is 2.21 bits per heavy atom. The fraction of sp³-hybridized carbons (Fsp3) is 0.400. The summed E-state index contributed by atoms with van der Waals surface area (Å²) in [6.45, 7) is 0.797. The second-order valence-corrected chi connectivity index (χ2v) is 4.76. The molecule has 1 aromatic heterocycles. The van der Waals surface area contributed by atoms with Gasteiger partial charge in [0.25, 0.3) is 0 Å². The summed E-state index contributed by atoms with van der Waals surface area (Å²) in [5, 5.41) is 0. The Morgan fingerprint density at radius 1 is 1.36 bits per heavy atom. The third-order valence-electron chi connectivity index (χ3n) is 2.20. The molecule has 0 amide bonds. The lowest BCUT2D eigenvalue weighted by molar-refractivity contribution is 0.712. The summed E-state index contributed by atoms with van der Waals surface area (Å²) in [6.07, 6.45) is 5.15. The van der Waals surface area contributed by atoms with Crippen LogP contribution < -0.4 is 0 Å². The van der Waals surface area contributed by atoms with E-state index in [-0.39, 0.29) is 0 Å². The SMILES string of the molecule is ClC1(Cl)CCCN=C1c1cccnc1. The van der Waals surface area contributed by atoms with Gasteiger partial charge in [0.1, 0.15) is 0 Å². The van der Waals surface area contributed by atoms with Crippen LogP contribution in [0.4, 0.5) is 0 Å². The lowest BCUT2D eigenvalue weighted by Crippen LogP contribution is -2.30. The van der Waals surface area contributed by atoms with Gasteiger partial charge >= 0.3 is 0 Å². The molecule has 14 heavy (non-hydrogen) atoms. The fourth-order valence-corrected chi connectivity index (χ4v) is 2.14. The Labute approximate surface area is 93.0 Å². The van der Waals surface area contributed by atoms with E-state index < -0.39 is 4.33 Å². The zero-order valence-corrected chi connectivity index (χ0v) is 9.09. The number of halogens is 2. The number of rotatable bonds is 1. The summed E-state index contributed by atoms with van der Waals surface area (Å²) in [6, 6.07) is 3.78. The topological polar surface area (TPSA) is 25.2 Å². The number of aliphatic imine (C=N–C) groups is 1. The van der Waals surface area contributed by atoms with E-state index in [2.05, 4.69) is 9.98 Å². The van der Waals surface area contributed by atoms with Crippen molar-refractivity contribution < 1.29 is 0 Å². The van der Waals surface area contributed by atoms with Crippen molar-refractivity contribution in [3.05, 3.63) is 30.1 Å². The number of pyridine rings is 1. The molecule has 0 atom stereocenters. The van der Waals surface area contributed by atoms with E-state index >= 15 is 0 Å². The normalized spacial score (nSPS) is 20.3. The summed E-state index contributed by atoms with van der Waals surface area (Å²) in [7, 11) is 0. The van der Waals surface area contributed by atoms with Gasteiger partial charge in [-0.15, -0.1) is 0 Å². The minimum atomic E-state index is -0.846. The van der Waals surface area contributed by atoms with Gasteiger partial charge in [-0.2, -0.15) is 0 Å². The van der Waals surface area contributed by atoms with Crippen molar-refractivity contribution in [1.29, 1.82) is 0 Å². The van der Waals surface area contributed by atoms with Crippen LogP contribution in [0.1, 0.15) is 18.4 Å². The molecule has 0 aromatic carbocycles. The molecule has 2 heterocycles. The summed E-state index contributed by atoms with van der Waals surface area (Å²) < 4.78 is -0.846. The van der Waals surface area contributed by atoms with E-state index in [1.54, 1.807) is 12.4 Å². The van der Waals surface area contributed by atoms with Crippen molar-refractivity contribution in [3.63, 3.8) is 0 Å². The van der Waals surface area contributed by atoms with Gasteiger partial charge in [-0.3, -0.25) is 9.98 Å². The second-order valence-electron chi connectivity index (χ2n) is 3.28. The van der Waals surface area contributed by atoms with Crippen LogP contribution in [0.25, 0.3) is 0 Å². The minimum absolute atomic E-state index is 0.750. The lowest BCUT2D eigenvalue weighted by Gasteiger charge is -2.25. The first-order chi connectivity index (χ1) is 6.70. The first-order valence-electron chi connectivity index (χ1n) is 4.53. The number of nitrogens with zero attached hydrogens (tertiary/aromatic N) is 2. The van der Waals surface area contributed by atoms with Gasteiger partial charge in [-0.05, 0) is 25.0 Å². The van der Waals surface area contributed by atoms with Gasteiger partial charge in [0.15, 0.2) is 4.33 Å². The Hall–Kier alpha value is -0.600. The van der Waals surface area contributed by atoms with Crippen LogP contribution in [0, 0.1) is 0 Å². The summed E-state index contributed by atoms with van der Waals surface area (Å²) in [5.74, 6) is 0. The van der Waals surface area contributed by atoms with Gasteiger partial charge in [0.05, 0.1) is 5.71 Å². The van der Waals surface area contributed by atoms with Crippen LogP contribution in [0.2, 0.25) is 0 Å². The molecular formula is C10H10Cl2N2. The third kappa shape index (κ3) is 1.91. The van der Waals surface area contributed by atoms with Crippen LogP contribution in [0.3, 0.4) is 0 Å². The van der Waals surface area contributed by atoms with Crippen LogP contribution in [-0.2, 0) is 0 Å². The highest BCUT2D eigenvalue weighted by Crippen LogP contribution is 2.34. The highest BCUT2D eigenvalue weighted by molar-refractivity contribution is 6.60. The molecule has 0 unspecified atom stereocenters. The molecule has 0 saturated carbocycles. The molecule has 0 fully saturated rings. The van der Waals surface area contributed by atoms with Gasteiger partial charge in [-0.1, -0.05) is 23.2 Å². The molecule has 0 aliphatic carbocycles. The summed E-state index contributed by atoms with van der Waals surface area (Å²) in [5.41, 5.74) is 1.66. The molecule has 0 bridgehead atoms. The molecule has 0 spiro atoms. The molecule has 74 valence electrons. The molecule has 0 saturated heterocycles. The van der Waals surface area contributed by atoms with E-state index in [1.807, 2.05) is 12.1 Å². The zero-order valence-electron chi connectivity index (χ0n) is 7.58. The molecule has 0 radical (unpaired) electrons. The monoisotopic (exact) mass is 228 g/mol. The van der Waals surface area contributed by atoms with E-state index in [4.69, 9.17) is 23.2 Å². The molecule has 4 heteroatoms. The lowest BCUT2D eigenvalue weighted by atomic mass is 10.0. The van der Waals surface area contributed by atoms with Crippen molar-refractivity contribution in [2.45, 2.75) is 17.2 Å². The minimum Gasteiger partial charge on any atom is -0.286 e. The van der Waals surface area contributed by atoms with Crippen LogP contribution in [-0.4, -0.2) is 21.6 Å². The number of hydrogen-bond acceptors (Lipinski definition) is 2. The molecule has 2 nitrogen and oxygen atoms in total. The smallest absolute Gasteiger partial charge is 0.160 e. The van der Waals surface area contributed by atoms with Crippen LogP contribution in [0.5, 0.6) is 0 Å². The van der Waals surface area contributed by atoms with Crippen molar-refractivity contribution in [1.82, 2.24) is 4.98 Å².